The van der Waals surface area contributed by atoms with Crippen molar-refractivity contribution in [1.82, 2.24) is 0 Å². The zero-order valence-corrected chi connectivity index (χ0v) is 16.8. The first kappa shape index (κ1) is 25.2. The van der Waals surface area contributed by atoms with Gasteiger partial charge in [0.1, 0.15) is 11.5 Å². The zero-order valence-electron chi connectivity index (χ0n) is 16.8. The lowest BCUT2D eigenvalue weighted by Gasteiger charge is -2.20. The van der Waals surface area contributed by atoms with Crippen LogP contribution < -0.4 is 4.74 Å². The average Bonchev–Trinajstić information content (AvgIpc) is 2.69. The highest BCUT2D eigenvalue weighted by atomic mass is 19.1. The topological polar surface area (TPSA) is 142 Å². The van der Waals surface area contributed by atoms with Crippen molar-refractivity contribution in [2.75, 3.05) is 6.61 Å². The maximum absolute atomic E-state index is 13.2. The van der Waals surface area contributed by atoms with E-state index >= 15 is 0 Å². The third-order valence-corrected chi connectivity index (χ3v) is 3.63. The molecule has 0 fully saturated rings. The third kappa shape index (κ3) is 7.49. The molecular weight excluding hydrogens is 422 g/mol. The van der Waals surface area contributed by atoms with Crippen molar-refractivity contribution in [3.63, 3.8) is 0 Å². The molecule has 10 nitrogen and oxygen atoms in total. The van der Waals surface area contributed by atoms with E-state index in [0.717, 1.165) is 30.3 Å². The summed E-state index contributed by atoms with van der Waals surface area (Å²) in [4.78, 5) is 30.7. The Bertz CT molecular complexity index is 953. The van der Waals surface area contributed by atoms with Crippen LogP contribution in [0.2, 0.25) is 0 Å². The molecule has 0 saturated heterocycles. The Balaban J connectivity index is 0.000000367. The molecule has 31 heavy (non-hydrogen) atoms. The Morgan fingerprint density at radius 2 is 1.55 bits per heavy atom. The van der Waals surface area contributed by atoms with Crippen LogP contribution in [-0.4, -0.2) is 33.6 Å². The van der Waals surface area contributed by atoms with Crippen molar-refractivity contribution in [3.8, 4) is 11.5 Å². The first-order valence-electron chi connectivity index (χ1n) is 8.88. The van der Waals surface area contributed by atoms with Gasteiger partial charge in [0, 0.05) is 5.92 Å². The van der Waals surface area contributed by atoms with Gasteiger partial charge in [-0.25, -0.2) is 4.79 Å². The number of nitrogens with zero attached hydrogens (tertiary/aromatic N) is 2. The van der Waals surface area contributed by atoms with Crippen molar-refractivity contribution in [1.29, 1.82) is 0 Å². The summed E-state index contributed by atoms with van der Waals surface area (Å²) in [6.45, 7) is 5.37. The number of esters is 1. The molecule has 2 aromatic rings. The minimum atomic E-state index is -0.959. The van der Waals surface area contributed by atoms with E-state index in [1.165, 1.54) is 6.07 Å². The molecule has 0 aliphatic heterocycles. The van der Waals surface area contributed by atoms with Crippen molar-refractivity contribution < 1.29 is 38.0 Å². The number of nitro benzene ring substituents is 2. The molecule has 0 amide bonds. The third-order valence-electron chi connectivity index (χ3n) is 3.63. The minimum absolute atomic E-state index is 0.0462. The molecule has 0 bridgehead atoms. The Hall–Kier alpha value is -3.83. The van der Waals surface area contributed by atoms with E-state index in [9.17, 15) is 33.8 Å². The summed E-state index contributed by atoms with van der Waals surface area (Å²) < 4.78 is 35.9. The fourth-order valence-electron chi connectivity index (χ4n) is 2.17. The number of phenolic OH excluding ortho intramolecular Hbond substituents is 1. The number of phenols is 1. The molecule has 1 atom stereocenters. The van der Waals surface area contributed by atoms with Gasteiger partial charge in [-0.3, -0.25) is 20.2 Å². The number of carbonyl (C=O) groups is 1. The van der Waals surface area contributed by atoms with Gasteiger partial charge >= 0.3 is 17.3 Å². The Morgan fingerprint density at radius 1 is 1.03 bits per heavy atom. The molecule has 1 N–H and O–H groups in total. The molecule has 168 valence electrons. The molecule has 0 aromatic heterocycles. The highest BCUT2D eigenvalue weighted by Crippen LogP contribution is 2.25. The van der Waals surface area contributed by atoms with Crippen LogP contribution >= 0.6 is 0 Å². The van der Waals surface area contributed by atoms with E-state index in [2.05, 4.69) is 0 Å². The number of carbonyl (C=O) groups excluding carboxylic acids is 1. The summed E-state index contributed by atoms with van der Waals surface area (Å²) in [5, 5.41) is 29.4. The molecule has 0 aliphatic rings. The highest BCUT2D eigenvalue weighted by Gasteiger charge is 2.26. The van der Waals surface area contributed by atoms with E-state index in [4.69, 9.17) is 14.6 Å². The molecule has 2 rings (SSSR count). The second-order valence-electron chi connectivity index (χ2n) is 6.30. The number of hydrogen-bond donors (Lipinski definition) is 1. The summed E-state index contributed by atoms with van der Waals surface area (Å²) in [5.74, 6) is -2.94. The summed E-state index contributed by atoms with van der Waals surface area (Å²) in [5.41, 5.74) is -1.42. The van der Waals surface area contributed by atoms with Crippen LogP contribution in [0.3, 0.4) is 0 Å². The number of halogens is 2. The SMILES string of the molecule is CCOC(=O)C(Oc1ccc(F)c([N+](=O)[O-])c1)C(C)C.O=[N+]([O-])c1cc(O)ccc1F. The van der Waals surface area contributed by atoms with Gasteiger partial charge in [0.05, 0.1) is 28.6 Å². The predicted molar refractivity (Wildman–Crippen MR) is 104 cm³/mol. The number of rotatable bonds is 7. The number of hydrogen-bond acceptors (Lipinski definition) is 8. The van der Waals surface area contributed by atoms with Crippen LogP contribution in [0, 0.1) is 37.8 Å². The van der Waals surface area contributed by atoms with Gasteiger partial charge in [-0.15, -0.1) is 0 Å². The number of aromatic hydroxyl groups is 1. The van der Waals surface area contributed by atoms with Crippen LogP contribution in [-0.2, 0) is 9.53 Å². The standard InChI is InChI=1S/C13H16FNO5.C6H4FNO3/c1-4-19-13(16)12(8(2)3)20-9-5-6-10(14)11(7-9)15(17)18;7-5-2-1-4(9)3-6(5)8(10)11/h5-8,12H,4H2,1-3H3;1-3,9H. The van der Waals surface area contributed by atoms with Gasteiger partial charge in [-0.2, -0.15) is 8.78 Å². The van der Waals surface area contributed by atoms with Gasteiger partial charge in [0.25, 0.3) is 0 Å². The zero-order chi connectivity index (χ0) is 23.7. The number of ether oxygens (including phenoxy) is 2. The van der Waals surface area contributed by atoms with Crippen LogP contribution in [0.4, 0.5) is 20.2 Å². The first-order valence-corrected chi connectivity index (χ1v) is 8.88. The molecule has 1 unspecified atom stereocenters. The van der Waals surface area contributed by atoms with Crippen LogP contribution in [0.5, 0.6) is 11.5 Å². The van der Waals surface area contributed by atoms with Crippen LogP contribution in [0.25, 0.3) is 0 Å². The highest BCUT2D eigenvalue weighted by molar-refractivity contribution is 5.75. The molecule has 0 saturated carbocycles. The lowest BCUT2D eigenvalue weighted by molar-refractivity contribution is -0.387. The molecule has 0 aliphatic carbocycles. The largest absolute Gasteiger partial charge is 0.508 e. The summed E-state index contributed by atoms with van der Waals surface area (Å²) in [7, 11) is 0. The number of benzene rings is 2. The number of nitro groups is 2. The fraction of sp³-hybridized carbons (Fsp3) is 0.316. The van der Waals surface area contributed by atoms with Crippen molar-refractivity contribution in [2.24, 2.45) is 5.92 Å². The Morgan fingerprint density at radius 3 is 2.00 bits per heavy atom. The lowest BCUT2D eigenvalue weighted by Crippen LogP contribution is -2.34. The molecule has 0 spiro atoms. The van der Waals surface area contributed by atoms with Crippen LogP contribution in [0.1, 0.15) is 20.8 Å². The monoisotopic (exact) mass is 442 g/mol. The smallest absolute Gasteiger partial charge is 0.347 e. The van der Waals surface area contributed by atoms with Crippen molar-refractivity contribution in [2.45, 2.75) is 26.9 Å². The van der Waals surface area contributed by atoms with E-state index in [1.54, 1.807) is 20.8 Å². The molecule has 0 heterocycles. The second kappa shape index (κ2) is 11.4. The van der Waals surface area contributed by atoms with Crippen molar-refractivity contribution in [3.05, 3.63) is 68.3 Å². The molecule has 0 radical (unpaired) electrons. The normalized spacial score (nSPS) is 11.2. The minimum Gasteiger partial charge on any atom is -0.508 e. The molecular formula is C19H20F2N2O8. The summed E-state index contributed by atoms with van der Waals surface area (Å²) in [6, 6.07) is 5.75. The van der Waals surface area contributed by atoms with E-state index < -0.39 is 44.9 Å². The maximum Gasteiger partial charge on any atom is 0.347 e. The lowest BCUT2D eigenvalue weighted by atomic mass is 10.1. The van der Waals surface area contributed by atoms with Gasteiger partial charge in [-0.05, 0) is 31.2 Å². The molecule has 12 heteroatoms. The van der Waals surface area contributed by atoms with Gasteiger partial charge < -0.3 is 14.6 Å². The molecule has 2 aromatic carbocycles. The van der Waals surface area contributed by atoms with E-state index in [0.29, 0.717) is 0 Å². The van der Waals surface area contributed by atoms with Gasteiger partial charge in [-0.1, -0.05) is 13.8 Å². The quantitative estimate of drug-likeness (QED) is 0.383. The first-order chi connectivity index (χ1) is 14.5. The maximum atomic E-state index is 13.2. The summed E-state index contributed by atoms with van der Waals surface area (Å²) >= 11 is 0. The Kier molecular flexibility index (Phi) is 9.25. The predicted octanol–water partition coefficient (Wildman–Crippen LogP) is 4.14. The van der Waals surface area contributed by atoms with E-state index in [1.807, 2.05) is 0 Å². The van der Waals surface area contributed by atoms with Crippen LogP contribution in [0.15, 0.2) is 36.4 Å². The summed E-state index contributed by atoms with van der Waals surface area (Å²) in [6.07, 6.45) is -0.903. The fourth-order valence-corrected chi connectivity index (χ4v) is 2.17. The van der Waals surface area contributed by atoms with Gasteiger partial charge in [0.15, 0.2) is 6.10 Å². The average molecular weight is 442 g/mol. The second-order valence-corrected chi connectivity index (χ2v) is 6.30. The Labute approximate surface area is 175 Å². The van der Waals surface area contributed by atoms with Gasteiger partial charge in [0.2, 0.25) is 11.6 Å². The van der Waals surface area contributed by atoms with E-state index in [-0.39, 0.29) is 24.0 Å². The van der Waals surface area contributed by atoms with Crippen molar-refractivity contribution >= 4 is 17.3 Å².